The number of imidazole rings is 2. The van der Waals surface area contributed by atoms with Crippen LogP contribution in [-0.4, -0.2) is 109 Å². The SMILES string of the molecule is Nc1nc2c(ncn2[C@@H]2S[C@H](CO)[C@H](F)[C@H]2OP(O)(=S)OC[C@@]23COC([C@H](n4cnc5c(N)ncnc54)O2)[C@@H]3O)c(=O)[nH]1. The van der Waals surface area contributed by atoms with Crippen molar-refractivity contribution in [3.8, 4) is 0 Å². The summed E-state index contributed by atoms with van der Waals surface area (Å²) in [6.07, 6.45) is -2.24. The highest BCUT2D eigenvalue weighted by atomic mass is 32.5. The molecule has 0 aliphatic carbocycles. The summed E-state index contributed by atoms with van der Waals surface area (Å²) >= 11 is 6.22. The van der Waals surface area contributed by atoms with Crippen LogP contribution in [0.15, 0.2) is 23.8 Å². The van der Waals surface area contributed by atoms with Crippen molar-refractivity contribution < 1.29 is 38.0 Å². The highest BCUT2D eigenvalue weighted by Crippen LogP contribution is 2.56. The first kappa shape index (κ1) is 28.9. The number of aromatic amines is 1. The van der Waals surface area contributed by atoms with Gasteiger partial charge in [-0.2, -0.15) is 4.98 Å². The smallest absolute Gasteiger partial charge is 0.325 e. The van der Waals surface area contributed by atoms with Crippen LogP contribution in [0, 0.1) is 0 Å². The third-order valence-corrected chi connectivity index (χ3v) is 10.6. The fraction of sp³-hybridized carbons (Fsp3) is 0.524. The summed E-state index contributed by atoms with van der Waals surface area (Å²) in [6, 6.07) is 0. The number of thioether (sulfide) groups is 1. The number of H-pyrrole nitrogens is 1. The number of nitrogen functional groups attached to an aromatic ring is 2. The Labute approximate surface area is 248 Å². The van der Waals surface area contributed by atoms with Gasteiger partial charge in [-0.05, 0) is 11.8 Å². The quantitative estimate of drug-likeness (QED) is 0.120. The zero-order valence-corrected chi connectivity index (χ0v) is 24.2. The van der Waals surface area contributed by atoms with Gasteiger partial charge in [-0.25, -0.2) is 24.3 Å². The van der Waals surface area contributed by atoms with Crippen molar-refractivity contribution in [2.45, 2.75) is 46.9 Å². The van der Waals surface area contributed by atoms with E-state index in [4.69, 9.17) is 41.8 Å². The minimum Gasteiger partial charge on any atom is -0.395 e. The average molecular weight is 659 g/mol. The minimum atomic E-state index is -4.23. The van der Waals surface area contributed by atoms with E-state index < -0.39 is 72.4 Å². The molecule has 0 radical (unpaired) electrons. The van der Waals surface area contributed by atoms with Crippen molar-refractivity contribution >= 4 is 64.4 Å². The molecule has 9 atom stereocenters. The second-order valence-electron chi connectivity index (χ2n) is 10.2. The fourth-order valence-corrected chi connectivity index (χ4v) is 8.39. The Kier molecular flexibility index (Phi) is 6.96. The molecule has 7 heterocycles. The van der Waals surface area contributed by atoms with Gasteiger partial charge in [0.1, 0.15) is 47.3 Å². The molecule has 0 aromatic carbocycles. The predicted molar refractivity (Wildman–Crippen MR) is 151 cm³/mol. The minimum absolute atomic E-state index is 0.0471. The van der Waals surface area contributed by atoms with Gasteiger partial charge in [0.05, 0.1) is 37.7 Å². The lowest BCUT2D eigenvalue weighted by atomic mass is 10.0. The molecule has 8 N–H and O–H groups in total. The first-order valence-corrected chi connectivity index (χ1v) is 16.2. The standard InChI is InChI=1S/C21H24FN10O8PS2/c22-8-7(1-33)43-19(32-6-28-10-16(32)29-20(24)30-17(10)35)11(8)40-41(36,42)38-3-21-2-37-12(13(21)34)18(39-21)31-5-27-9-14(23)25-4-26-15(9)31/h4-8,11-13,18-19,33-34H,1-3H2,(H,36,42)(H2,23,25,26)(H3,24,29,30,35)/t7-,8+,11-,12?,13+,18-,19-,21-,41?/m1/s1. The summed E-state index contributed by atoms with van der Waals surface area (Å²) in [5.41, 5.74) is 10.2. The Morgan fingerprint density at radius 1 is 1.23 bits per heavy atom. The lowest BCUT2D eigenvalue weighted by Crippen LogP contribution is -2.45. The van der Waals surface area contributed by atoms with Gasteiger partial charge >= 0.3 is 6.72 Å². The van der Waals surface area contributed by atoms with E-state index in [1.807, 2.05) is 0 Å². The van der Waals surface area contributed by atoms with Crippen LogP contribution in [0.5, 0.6) is 0 Å². The summed E-state index contributed by atoms with van der Waals surface area (Å²) in [5, 5.41) is 18.9. The Morgan fingerprint density at radius 3 is 2.79 bits per heavy atom. The van der Waals surface area contributed by atoms with Gasteiger partial charge in [0, 0.05) is 0 Å². The van der Waals surface area contributed by atoms with Crippen LogP contribution in [0.4, 0.5) is 16.2 Å². The van der Waals surface area contributed by atoms with Crippen molar-refractivity contribution in [3.05, 3.63) is 29.3 Å². The third kappa shape index (κ3) is 4.62. The fourth-order valence-electron chi connectivity index (χ4n) is 5.48. The number of alkyl halides is 1. The number of nitrogens with one attached hydrogen (secondary N) is 1. The number of ether oxygens (including phenoxy) is 2. The summed E-state index contributed by atoms with van der Waals surface area (Å²) < 4.78 is 41.7. The van der Waals surface area contributed by atoms with Gasteiger partial charge in [0.15, 0.2) is 28.9 Å². The monoisotopic (exact) mass is 658 g/mol. The Balaban J connectivity index is 1.11. The number of halogens is 1. The number of aromatic nitrogens is 8. The van der Waals surface area contributed by atoms with Crippen LogP contribution in [0.1, 0.15) is 11.6 Å². The molecule has 230 valence electrons. The Bertz CT molecular complexity index is 1830. The van der Waals surface area contributed by atoms with Crippen LogP contribution in [0.2, 0.25) is 0 Å². The molecule has 3 aliphatic heterocycles. The largest absolute Gasteiger partial charge is 0.395 e. The molecule has 4 aromatic heterocycles. The van der Waals surface area contributed by atoms with Crippen molar-refractivity contribution in [2.24, 2.45) is 0 Å². The van der Waals surface area contributed by atoms with E-state index in [-0.39, 0.29) is 29.5 Å². The number of hydrogen-bond acceptors (Lipinski definition) is 16. The summed E-state index contributed by atoms with van der Waals surface area (Å²) in [5.74, 6) is -0.0209. The topological polar surface area (TPSA) is 257 Å². The molecule has 3 fully saturated rings. The lowest BCUT2D eigenvalue weighted by Gasteiger charge is -2.32. The van der Waals surface area contributed by atoms with Crippen molar-refractivity contribution in [1.29, 1.82) is 0 Å². The maximum Gasteiger partial charge on any atom is 0.325 e. The van der Waals surface area contributed by atoms with Gasteiger partial charge in [-0.15, -0.1) is 11.8 Å². The maximum atomic E-state index is 15.5. The number of fused-ring (bicyclic) bond motifs is 4. The van der Waals surface area contributed by atoms with Crippen LogP contribution in [0.3, 0.4) is 0 Å². The molecule has 2 bridgehead atoms. The molecule has 0 amide bonds. The molecule has 3 saturated heterocycles. The van der Waals surface area contributed by atoms with Gasteiger partial charge in [0.25, 0.3) is 5.56 Å². The van der Waals surface area contributed by atoms with E-state index in [1.54, 1.807) is 0 Å². The summed E-state index contributed by atoms with van der Waals surface area (Å²) in [4.78, 5) is 46.1. The zero-order valence-electron chi connectivity index (χ0n) is 21.7. The van der Waals surface area contributed by atoms with Crippen molar-refractivity contribution in [3.63, 3.8) is 0 Å². The van der Waals surface area contributed by atoms with Crippen molar-refractivity contribution in [2.75, 3.05) is 31.3 Å². The lowest BCUT2D eigenvalue weighted by molar-refractivity contribution is -0.183. The zero-order chi connectivity index (χ0) is 30.3. The number of aliphatic hydroxyl groups is 2. The Morgan fingerprint density at radius 2 is 2.00 bits per heavy atom. The molecular weight excluding hydrogens is 634 g/mol. The summed E-state index contributed by atoms with van der Waals surface area (Å²) in [6.45, 7) is -5.35. The number of rotatable bonds is 8. The molecule has 4 aromatic rings. The molecule has 0 spiro atoms. The molecule has 3 aliphatic rings. The van der Waals surface area contributed by atoms with Crippen LogP contribution < -0.4 is 17.0 Å². The van der Waals surface area contributed by atoms with E-state index in [1.165, 1.54) is 28.1 Å². The van der Waals surface area contributed by atoms with E-state index in [0.717, 1.165) is 11.8 Å². The molecule has 2 unspecified atom stereocenters. The number of hydrogen-bond donors (Lipinski definition) is 6. The molecule has 22 heteroatoms. The second-order valence-corrected chi connectivity index (χ2v) is 14.3. The van der Waals surface area contributed by atoms with Crippen molar-refractivity contribution in [1.82, 2.24) is 39.0 Å². The normalized spacial score (nSPS) is 33.5. The molecule has 7 rings (SSSR count). The van der Waals surface area contributed by atoms with Crippen LogP contribution in [-0.2, 0) is 30.3 Å². The molecule has 43 heavy (non-hydrogen) atoms. The highest BCUT2D eigenvalue weighted by molar-refractivity contribution is 8.07. The number of nitrogens with two attached hydrogens (primary N) is 2. The second kappa shape index (κ2) is 10.4. The van der Waals surface area contributed by atoms with E-state index in [9.17, 15) is 19.9 Å². The third-order valence-electron chi connectivity index (χ3n) is 7.56. The van der Waals surface area contributed by atoms with Gasteiger partial charge in [-0.1, -0.05) is 0 Å². The maximum absolute atomic E-state index is 15.5. The number of nitrogens with zero attached hydrogens (tertiary/aromatic N) is 7. The molecule has 18 nitrogen and oxygen atoms in total. The molecular formula is C21H24FN10O8PS2. The van der Waals surface area contributed by atoms with E-state index >= 15 is 4.39 Å². The highest BCUT2D eigenvalue weighted by Gasteiger charge is 2.62. The van der Waals surface area contributed by atoms with Crippen LogP contribution >= 0.6 is 18.5 Å². The summed E-state index contributed by atoms with van der Waals surface area (Å²) in [7, 11) is 0. The predicted octanol–water partition coefficient (Wildman–Crippen LogP) is -1.29. The van der Waals surface area contributed by atoms with E-state index in [2.05, 4.69) is 29.9 Å². The van der Waals surface area contributed by atoms with Gasteiger partial charge in [0.2, 0.25) is 5.95 Å². The van der Waals surface area contributed by atoms with Gasteiger partial charge in [-0.3, -0.25) is 23.4 Å². The number of anilines is 2. The average Bonchev–Trinajstić information content (AvgIpc) is 3.77. The van der Waals surface area contributed by atoms with Gasteiger partial charge < -0.3 is 40.6 Å². The Hall–Kier alpha value is -2.85. The number of aliphatic hydroxyl groups excluding tert-OH is 2. The van der Waals surface area contributed by atoms with Crippen LogP contribution in [0.25, 0.3) is 22.3 Å². The van der Waals surface area contributed by atoms with E-state index in [0.29, 0.717) is 11.2 Å². The molecule has 0 saturated carbocycles. The first-order valence-electron chi connectivity index (χ1n) is 12.7. The first-order chi connectivity index (χ1) is 20.5.